The van der Waals surface area contributed by atoms with Gasteiger partial charge in [0.25, 0.3) is 0 Å². The number of aryl methyl sites for hydroxylation is 1. The molecular weight excluding hydrogens is 210 g/mol. The quantitative estimate of drug-likeness (QED) is 0.839. The Morgan fingerprint density at radius 3 is 2.47 bits per heavy atom. The average Bonchev–Trinajstić information content (AvgIpc) is 2.82. The third kappa shape index (κ3) is 2.24. The van der Waals surface area contributed by atoms with E-state index in [0.29, 0.717) is 12.5 Å². The van der Waals surface area contributed by atoms with E-state index in [1.54, 1.807) is 0 Å². The minimum Gasteiger partial charge on any atom is -0.396 e. The summed E-state index contributed by atoms with van der Waals surface area (Å²) in [6, 6.07) is 8.44. The Morgan fingerprint density at radius 1 is 1.29 bits per heavy atom. The van der Waals surface area contributed by atoms with E-state index in [-0.39, 0.29) is 12.0 Å². The van der Waals surface area contributed by atoms with Crippen LogP contribution in [-0.4, -0.2) is 18.3 Å². The summed E-state index contributed by atoms with van der Waals surface area (Å²) in [4.78, 5) is 0. The molecule has 1 saturated carbocycles. The SMILES string of the molecule is Cc1ccccc1C(CN)C1(CO)CCCC1. The zero-order valence-electron chi connectivity index (χ0n) is 10.7. The number of hydrogen-bond acceptors (Lipinski definition) is 2. The van der Waals surface area contributed by atoms with E-state index in [9.17, 15) is 5.11 Å². The molecule has 2 heteroatoms. The topological polar surface area (TPSA) is 46.2 Å². The average molecular weight is 233 g/mol. The molecule has 0 bridgehead atoms. The fourth-order valence-electron chi connectivity index (χ4n) is 3.38. The van der Waals surface area contributed by atoms with Crippen LogP contribution in [0.4, 0.5) is 0 Å². The van der Waals surface area contributed by atoms with Gasteiger partial charge < -0.3 is 10.8 Å². The third-order valence-electron chi connectivity index (χ3n) is 4.45. The Labute approximate surface area is 104 Å². The van der Waals surface area contributed by atoms with Crippen LogP contribution in [0.1, 0.15) is 42.7 Å². The van der Waals surface area contributed by atoms with Crippen LogP contribution in [0.25, 0.3) is 0 Å². The highest BCUT2D eigenvalue weighted by atomic mass is 16.3. The van der Waals surface area contributed by atoms with Crippen LogP contribution < -0.4 is 5.73 Å². The lowest BCUT2D eigenvalue weighted by Crippen LogP contribution is -2.35. The van der Waals surface area contributed by atoms with Gasteiger partial charge in [0.15, 0.2) is 0 Å². The highest BCUT2D eigenvalue weighted by molar-refractivity contribution is 5.31. The first-order valence-electron chi connectivity index (χ1n) is 6.60. The molecule has 94 valence electrons. The maximum Gasteiger partial charge on any atom is 0.0493 e. The van der Waals surface area contributed by atoms with E-state index >= 15 is 0 Å². The maximum absolute atomic E-state index is 9.81. The molecule has 2 rings (SSSR count). The zero-order valence-corrected chi connectivity index (χ0v) is 10.7. The van der Waals surface area contributed by atoms with Crippen LogP contribution in [0.3, 0.4) is 0 Å². The normalized spacial score (nSPS) is 20.4. The monoisotopic (exact) mass is 233 g/mol. The van der Waals surface area contributed by atoms with Gasteiger partial charge in [-0.3, -0.25) is 0 Å². The number of rotatable bonds is 4. The van der Waals surface area contributed by atoms with Crippen molar-refractivity contribution in [2.75, 3.05) is 13.2 Å². The van der Waals surface area contributed by atoms with Gasteiger partial charge in [-0.2, -0.15) is 0 Å². The van der Waals surface area contributed by atoms with Crippen LogP contribution in [0.15, 0.2) is 24.3 Å². The van der Waals surface area contributed by atoms with Crippen molar-refractivity contribution in [3.63, 3.8) is 0 Å². The fraction of sp³-hybridized carbons (Fsp3) is 0.600. The van der Waals surface area contributed by atoms with Gasteiger partial charge in [0, 0.05) is 17.9 Å². The first-order chi connectivity index (χ1) is 8.23. The summed E-state index contributed by atoms with van der Waals surface area (Å²) in [7, 11) is 0. The highest BCUT2D eigenvalue weighted by Gasteiger charge is 2.41. The van der Waals surface area contributed by atoms with Gasteiger partial charge in [-0.1, -0.05) is 37.1 Å². The Kier molecular flexibility index (Phi) is 3.85. The highest BCUT2D eigenvalue weighted by Crippen LogP contribution is 2.48. The molecule has 0 heterocycles. The van der Waals surface area contributed by atoms with E-state index in [2.05, 4.69) is 31.2 Å². The Hall–Kier alpha value is -0.860. The van der Waals surface area contributed by atoms with E-state index < -0.39 is 0 Å². The Morgan fingerprint density at radius 2 is 1.94 bits per heavy atom. The van der Waals surface area contributed by atoms with Crippen molar-refractivity contribution in [2.24, 2.45) is 11.1 Å². The molecule has 0 amide bonds. The van der Waals surface area contributed by atoms with E-state index in [1.165, 1.54) is 24.0 Å². The molecule has 3 N–H and O–H groups in total. The lowest BCUT2D eigenvalue weighted by Gasteiger charge is -2.36. The van der Waals surface area contributed by atoms with Crippen LogP contribution in [0.5, 0.6) is 0 Å². The number of aliphatic hydroxyl groups is 1. The van der Waals surface area contributed by atoms with Crippen molar-refractivity contribution in [1.29, 1.82) is 0 Å². The van der Waals surface area contributed by atoms with Gasteiger partial charge in [-0.05, 0) is 37.4 Å². The Balaban J connectivity index is 2.36. The molecule has 17 heavy (non-hydrogen) atoms. The second-order valence-corrected chi connectivity index (χ2v) is 5.37. The molecule has 1 aromatic rings. The predicted octanol–water partition coefficient (Wildman–Crippen LogP) is 2.59. The summed E-state index contributed by atoms with van der Waals surface area (Å²) >= 11 is 0. The minimum atomic E-state index is 0.0286. The molecule has 1 aromatic carbocycles. The molecule has 1 unspecified atom stereocenters. The van der Waals surface area contributed by atoms with Crippen LogP contribution in [0, 0.1) is 12.3 Å². The van der Waals surface area contributed by atoms with E-state index in [1.807, 2.05) is 0 Å². The number of nitrogens with two attached hydrogens (primary N) is 1. The molecule has 1 aliphatic carbocycles. The third-order valence-corrected chi connectivity index (χ3v) is 4.45. The summed E-state index contributed by atoms with van der Waals surface area (Å²) in [5.74, 6) is 0.302. The molecule has 0 aromatic heterocycles. The van der Waals surface area contributed by atoms with Crippen molar-refractivity contribution in [1.82, 2.24) is 0 Å². The summed E-state index contributed by atoms with van der Waals surface area (Å²) < 4.78 is 0. The standard InChI is InChI=1S/C15H23NO/c1-12-6-2-3-7-13(12)14(10-16)15(11-17)8-4-5-9-15/h2-3,6-7,14,17H,4-5,8-11,16H2,1H3. The van der Waals surface area contributed by atoms with Gasteiger partial charge in [0.05, 0.1) is 0 Å². The van der Waals surface area contributed by atoms with E-state index in [0.717, 1.165) is 12.8 Å². The lowest BCUT2D eigenvalue weighted by atomic mass is 9.70. The Bertz CT molecular complexity index is 369. The first-order valence-corrected chi connectivity index (χ1v) is 6.60. The molecule has 1 fully saturated rings. The van der Waals surface area contributed by atoms with Crippen molar-refractivity contribution in [2.45, 2.75) is 38.5 Å². The smallest absolute Gasteiger partial charge is 0.0493 e. The summed E-state index contributed by atoms with van der Waals surface area (Å²) in [5, 5.41) is 9.81. The second-order valence-electron chi connectivity index (χ2n) is 5.37. The minimum absolute atomic E-state index is 0.0286. The van der Waals surface area contributed by atoms with Gasteiger partial charge in [-0.25, -0.2) is 0 Å². The molecule has 2 nitrogen and oxygen atoms in total. The van der Waals surface area contributed by atoms with Gasteiger partial charge >= 0.3 is 0 Å². The molecular formula is C15H23NO. The fourth-order valence-corrected chi connectivity index (χ4v) is 3.38. The molecule has 0 spiro atoms. The van der Waals surface area contributed by atoms with E-state index in [4.69, 9.17) is 5.73 Å². The number of benzene rings is 1. The van der Waals surface area contributed by atoms with Crippen LogP contribution in [-0.2, 0) is 0 Å². The molecule has 0 saturated heterocycles. The van der Waals surface area contributed by atoms with Crippen molar-refractivity contribution >= 4 is 0 Å². The van der Waals surface area contributed by atoms with Gasteiger partial charge in [-0.15, -0.1) is 0 Å². The van der Waals surface area contributed by atoms with Gasteiger partial charge in [0.2, 0.25) is 0 Å². The van der Waals surface area contributed by atoms with Crippen molar-refractivity contribution in [3.05, 3.63) is 35.4 Å². The maximum atomic E-state index is 9.81. The molecule has 0 aliphatic heterocycles. The molecule has 0 radical (unpaired) electrons. The van der Waals surface area contributed by atoms with Crippen molar-refractivity contribution < 1.29 is 5.11 Å². The summed E-state index contributed by atoms with van der Waals surface area (Å²) in [6.07, 6.45) is 4.67. The van der Waals surface area contributed by atoms with Gasteiger partial charge in [0.1, 0.15) is 0 Å². The van der Waals surface area contributed by atoms with Crippen LogP contribution in [0.2, 0.25) is 0 Å². The van der Waals surface area contributed by atoms with Crippen LogP contribution >= 0.6 is 0 Å². The summed E-state index contributed by atoms with van der Waals surface area (Å²) in [5.41, 5.74) is 8.65. The molecule has 1 atom stereocenters. The number of aliphatic hydroxyl groups excluding tert-OH is 1. The summed E-state index contributed by atoms with van der Waals surface area (Å²) in [6.45, 7) is 3.03. The number of hydrogen-bond donors (Lipinski definition) is 2. The second kappa shape index (κ2) is 5.19. The molecule has 1 aliphatic rings. The van der Waals surface area contributed by atoms with Crippen molar-refractivity contribution in [3.8, 4) is 0 Å². The first kappa shape index (κ1) is 12.6. The predicted molar refractivity (Wildman–Crippen MR) is 71.0 cm³/mol. The zero-order chi connectivity index (χ0) is 12.3. The lowest BCUT2D eigenvalue weighted by molar-refractivity contribution is 0.102. The largest absolute Gasteiger partial charge is 0.396 e.